The zero-order chi connectivity index (χ0) is 8.32. The van der Waals surface area contributed by atoms with Crippen molar-refractivity contribution in [2.24, 2.45) is 0 Å². The van der Waals surface area contributed by atoms with Crippen LogP contribution < -0.4 is 0 Å². The third-order valence-electron chi connectivity index (χ3n) is 2.51. The minimum absolute atomic E-state index is 0.337. The molecule has 0 bridgehead atoms. The highest BCUT2D eigenvalue weighted by Crippen LogP contribution is 2.30. The van der Waals surface area contributed by atoms with Crippen LogP contribution in [0.1, 0.15) is 32.1 Å². The highest BCUT2D eigenvalue weighted by atomic mass is 16.4. The lowest BCUT2D eigenvalue weighted by atomic mass is 9.81. The summed E-state index contributed by atoms with van der Waals surface area (Å²) in [6, 6.07) is 0. The molecule has 1 saturated carbocycles. The molecule has 0 amide bonds. The van der Waals surface area contributed by atoms with Crippen molar-refractivity contribution in [3.8, 4) is 0 Å². The van der Waals surface area contributed by atoms with Gasteiger partial charge in [-0.05, 0) is 12.8 Å². The van der Waals surface area contributed by atoms with Gasteiger partial charge in [0.2, 0.25) is 0 Å². The van der Waals surface area contributed by atoms with E-state index in [1.165, 1.54) is 0 Å². The zero-order valence-electron chi connectivity index (χ0n) is 6.66. The molecule has 1 rings (SSSR count). The van der Waals surface area contributed by atoms with Gasteiger partial charge in [-0.25, -0.2) is 0 Å². The van der Waals surface area contributed by atoms with Crippen LogP contribution in [0.5, 0.6) is 0 Å². The van der Waals surface area contributed by atoms with Crippen LogP contribution in [0.25, 0.3) is 0 Å². The molecule has 0 saturated heterocycles. The molecule has 0 aromatic heterocycles. The van der Waals surface area contributed by atoms with Gasteiger partial charge >= 0.3 is 0 Å². The molecule has 3 nitrogen and oxygen atoms in total. The summed E-state index contributed by atoms with van der Waals surface area (Å²) in [5.74, 6) is 0. The Balaban J connectivity index is 2.49. The van der Waals surface area contributed by atoms with Crippen molar-refractivity contribution in [2.75, 3.05) is 6.61 Å². The molecule has 11 heavy (non-hydrogen) atoms. The summed E-state index contributed by atoms with van der Waals surface area (Å²) in [6.45, 7) is -0.337. The molecule has 0 aromatic carbocycles. The standard InChI is InChI=1S/C8H16O3/c9-6-7(10)8(11)4-2-1-3-5-8/h7,9-11H,1-6H2/t7-/m0/s1. The van der Waals surface area contributed by atoms with Gasteiger partial charge in [-0.1, -0.05) is 19.3 Å². The number of aliphatic hydroxyl groups is 3. The van der Waals surface area contributed by atoms with Crippen molar-refractivity contribution in [2.45, 2.75) is 43.8 Å². The van der Waals surface area contributed by atoms with E-state index in [-0.39, 0.29) is 6.61 Å². The van der Waals surface area contributed by atoms with E-state index in [2.05, 4.69) is 0 Å². The fourth-order valence-electron chi connectivity index (χ4n) is 1.67. The first-order chi connectivity index (χ1) is 5.19. The second-order valence-corrected chi connectivity index (χ2v) is 3.36. The van der Waals surface area contributed by atoms with Crippen LogP contribution in [0.15, 0.2) is 0 Å². The third kappa shape index (κ3) is 1.92. The van der Waals surface area contributed by atoms with Gasteiger partial charge < -0.3 is 15.3 Å². The summed E-state index contributed by atoms with van der Waals surface area (Å²) in [7, 11) is 0. The van der Waals surface area contributed by atoms with Crippen LogP contribution >= 0.6 is 0 Å². The van der Waals surface area contributed by atoms with Gasteiger partial charge in [-0.3, -0.25) is 0 Å². The minimum atomic E-state index is -1.01. The van der Waals surface area contributed by atoms with Crippen molar-refractivity contribution in [1.29, 1.82) is 0 Å². The Morgan fingerprint density at radius 2 is 1.73 bits per heavy atom. The van der Waals surface area contributed by atoms with Gasteiger partial charge in [0.05, 0.1) is 12.2 Å². The monoisotopic (exact) mass is 160 g/mol. The Labute approximate surface area is 66.7 Å². The highest BCUT2D eigenvalue weighted by Gasteiger charge is 2.36. The molecule has 0 heterocycles. The zero-order valence-corrected chi connectivity index (χ0v) is 6.66. The molecule has 1 atom stereocenters. The summed E-state index contributed by atoms with van der Waals surface area (Å²) in [6.07, 6.45) is 3.31. The van der Waals surface area contributed by atoms with Crippen molar-refractivity contribution in [1.82, 2.24) is 0 Å². The molecule has 0 spiro atoms. The Bertz CT molecular complexity index is 119. The molecular formula is C8H16O3. The second kappa shape index (κ2) is 3.52. The van der Waals surface area contributed by atoms with Crippen molar-refractivity contribution in [3.05, 3.63) is 0 Å². The Kier molecular flexibility index (Phi) is 2.87. The van der Waals surface area contributed by atoms with E-state index in [0.29, 0.717) is 12.8 Å². The molecule has 1 aliphatic rings. The maximum Gasteiger partial charge on any atom is 0.106 e. The lowest BCUT2D eigenvalue weighted by Crippen LogP contribution is -2.45. The van der Waals surface area contributed by atoms with Crippen LogP contribution in [0.3, 0.4) is 0 Å². The van der Waals surface area contributed by atoms with Crippen molar-refractivity contribution >= 4 is 0 Å². The molecule has 3 heteroatoms. The summed E-state index contributed by atoms with van der Waals surface area (Å²) in [5.41, 5.74) is -1.01. The minimum Gasteiger partial charge on any atom is -0.394 e. The maximum absolute atomic E-state index is 9.73. The molecule has 1 aliphatic carbocycles. The SMILES string of the molecule is OC[C@H](O)C1(O)CCCCC1. The van der Waals surface area contributed by atoms with Gasteiger partial charge in [-0.2, -0.15) is 0 Å². The van der Waals surface area contributed by atoms with E-state index in [1.54, 1.807) is 0 Å². The Morgan fingerprint density at radius 1 is 1.18 bits per heavy atom. The number of hydrogen-bond acceptors (Lipinski definition) is 3. The van der Waals surface area contributed by atoms with E-state index < -0.39 is 11.7 Å². The van der Waals surface area contributed by atoms with E-state index in [9.17, 15) is 10.2 Å². The highest BCUT2D eigenvalue weighted by molar-refractivity contribution is 4.88. The largest absolute Gasteiger partial charge is 0.394 e. The van der Waals surface area contributed by atoms with Gasteiger partial charge in [0.1, 0.15) is 6.10 Å². The van der Waals surface area contributed by atoms with E-state index in [4.69, 9.17) is 5.11 Å². The first kappa shape index (κ1) is 8.97. The molecule has 1 fully saturated rings. The average molecular weight is 160 g/mol. The number of rotatable bonds is 2. The van der Waals surface area contributed by atoms with Crippen LogP contribution in [0.2, 0.25) is 0 Å². The second-order valence-electron chi connectivity index (χ2n) is 3.36. The summed E-state index contributed by atoms with van der Waals surface area (Å²) >= 11 is 0. The summed E-state index contributed by atoms with van der Waals surface area (Å²) in [4.78, 5) is 0. The average Bonchev–Trinajstić information content (AvgIpc) is 2.04. The molecule has 0 radical (unpaired) electrons. The Hall–Kier alpha value is -0.120. The normalized spacial score (nSPS) is 26.5. The molecule has 3 N–H and O–H groups in total. The number of hydrogen-bond donors (Lipinski definition) is 3. The first-order valence-electron chi connectivity index (χ1n) is 4.20. The predicted molar refractivity (Wildman–Crippen MR) is 41.1 cm³/mol. The fourth-order valence-corrected chi connectivity index (χ4v) is 1.67. The van der Waals surface area contributed by atoms with Crippen molar-refractivity contribution in [3.63, 3.8) is 0 Å². The summed E-state index contributed by atoms with van der Waals surface area (Å²) < 4.78 is 0. The van der Waals surface area contributed by atoms with E-state index >= 15 is 0 Å². The lowest BCUT2D eigenvalue weighted by molar-refractivity contribution is -0.113. The molecule has 0 aromatic rings. The van der Waals surface area contributed by atoms with Crippen LogP contribution in [-0.4, -0.2) is 33.6 Å². The van der Waals surface area contributed by atoms with Crippen LogP contribution in [0.4, 0.5) is 0 Å². The van der Waals surface area contributed by atoms with Crippen molar-refractivity contribution < 1.29 is 15.3 Å². The van der Waals surface area contributed by atoms with Crippen LogP contribution in [0, 0.1) is 0 Å². The molecular weight excluding hydrogens is 144 g/mol. The maximum atomic E-state index is 9.73. The van der Waals surface area contributed by atoms with Gasteiger partial charge in [0, 0.05) is 0 Å². The van der Waals surface area contributed by atoms with E-state index in [1.807, 2.05) is 0 Å². The Morgan fingerprint density at radius 3 is 2.18 bits per heavy atom. The quantitative estimate of drug-likeness (QED) is 0.534. The summed E-state index contributed by atoms with van der Waals surface area (Å²) in [5, 5.41) is 27.6. The van der Waals surface area contributed by atoms with Gasteiger partial charge in [0.15, 0.2) is 0 Å². The third-order valence-corrected chi connectivity index (χ3v) is 2.51. The lowest BCUT2D eigenvalue weighted by Gasteiger charge is -2.35. The predicted octanol–water partition coefficient (Wildman–Crippen LogP) is 0.0348. The molecule has 0 aliphatic heterocycles. The van der Waals surface area contributed by atoms with Gasteiger partial charge in [0.25, 0.3) is 0 Å². The van der Waals surface area contributed by atoms with Gasteiger partial charge in [-0.15, -0.1) is 0 Å². The van der Waals surface area contributed by atoms with Crippen LogP contribution in [-0.2, 0) is 0 Å². The topological polar surface area (TPSA) is 60.7 Å². The molecule has 0 unspecified atom stereocenters. The van der Waals surface area contributed by atoms with E-state index in [0.717, 1.165) is 19.3 Å². The number of aliphatic hydroxyl groups excluding tert-OH is 2. The molecule has 66 valence electrons. The smallest absolute Gasteiger partial charge is 0.106 e. The first-order valence-corrected chi connectivity index (χ1v) is 4.20. The fraction of sp³-hybridized carbons (Fsp3) is 1.00.